The molecule has 2 aliphatic carbocycles. The summed E-state index contributed by atoms with van der Waals surface area (Å²) in [5, 5.41) is 2.34. The van der Waals surface area contributed by atoms with Gasteiger partial charge in [0.25, 0.3) is 0 Å². The number of para-hydroxylation sites is 2. The lowest BCUT2D eigenvalue weighted by Gasteiger charge is -2.31. The summed E-state index contributed by atoms with van der Waals surface area (Å²) in [7, 11) is 0. The second-order valence-electron chi connectivity index (χ2n) is 13.6. The Morgan fingerprint density at radius 1 is 0.442 bits per heavy atom. The molecule has 0 N–H and O–H groups in total. The molecule has 1 spiro atoms. The highest BCUT2D eigenvalue weighted by Crippen LogP contribution is 2.63. The monoisotopic (exact) mass is 660 g/mol. The van der Waals surface area contributed by atoms with E-state index in [2.05, 4.69) is 167 Å². The molecule has 0 fully saturated rings. The third-order valence-corrected chi connectivity index (χ3v) is 11.1. The van der Waals surface area contributed by atoms with Gasteiger partial charge >= 0.3 is 0 Å². The van der Waals surface area contributed by atoms with Crippen molar-refractivity contribution in [3.63, 3.8) is 0 Å². The third-order valence-electron chi connectivity index (χ3n) is 11.1. The Bertz CT molecular complexity index is 2880. The number of aromatic nitrogens is 3. The molecule has 0 unspecified atom stereocenters. The van der Waals surface area contributed by atoms with Crippen molar-refractivity contribution in [3.8, 4) is 50.7 Å². The van der Waals surface area contributed by atoms with Crippen molar-refractivity contribution in [1.82, 2.24) is 14.5 Å². The van der Waals surface area contributed by atoms with Crippen molar-refractivity contribution in [2.45, 2.75) is 5.41 Å². The van der Waals surface area contributed by atoms with Crippen LogP contribution >= 0.6 is 0 Å². The first kappa shape index (κ1) is 28.7. The van der Waals surface area contributed by atoms with Gasteiger partial charge in [-0.15, -0.1) is 0 Å². The van der Waals surface area contributed by atoms with Gasteiger partial charge in [0, 0.05) is 21.9 Å². The summed E-state index contributed by atoms with van der Waals surface area (Å²) in [6, 6.07) is 60.0. The predicted molar refractivity (Wildman–Crippen MR) is 210 cm³/mol. The second-order valence-corrected chi connectivity index (χ2v) is 13.6. The Morgan fingerprint density at radius 2 is 0.962 bits per heavy atom. The molecular formula is C48H28N4. The van der Waals surface area contributed by atoms with Gasteiger partial charge in [0.05, 0.1) is 34.4 Å². The molecule has 0 aliphatic heterocycles. The summed E-state index contributed by atoms with van der Waals surface area (Å²) in [4.78, 5) is 14.5. The van der Waals surface area contributed by atoms with E-state index in [1.807, 2.05) is 12.1 Å². The van der Waals surface area contributed by atoms with Gasteiger partial charge in [-0.3, -0.25) is 4.57 Å². The number of hydrogen-bond acceptors (Lipinski definition) is 2. The van der Waals surface area contributed by atoms with Gasteiger partial charge in [-0.05, 0) is 68.8 Å². The van der Waals surface area contributed by atoms with Crippen LogP contribution in [0.1, 0.15) is 22.3 Å². The maximum absolute atomic E-state index is 7.94. The highest BCUT2D eigenvalue weighted by molar-refractivity contribution is 6.09. The molecule has 4 nitrogen and oxygen atoms in total. The average molecular weight is 661 g/mol. The minimum absolute atomic E-state index is 0.570. The van der Waals surface area contributed by atoms with Gasteiger partial charge in [0.2, 0.25) is 5.95 Å². The molecule has 2 heterocycles. The maximum atomic E-state index is 7.94. The lowest BCUT2D eigenvalue weighted by Crippen LogP contribution is -2.25. The van der Waals surface area contributed by atoms with Crippen LogP contribution in [-0.2, 0) is 5.41 Å². The van der Waals surface area contributed by atoms with Gasteiger partial charge in [-0.1, -0.05) is 146 Å². The van der Waals surface area contributed by atoms with E-state index < -0.39 is 5.41 Å². The number of fused-ring (bicyclic) bond motifs is 13. The van der Waals surface area contributed by atoms with Crippen LogP contribution in [-0.4, -0.2) is 14.5 Å². The van der Waals surface area contributed by atoms with E-state index in [1.165, 1.54) is 49.7 Å². The molecule has 2 aromatic heterocycles. The Labute approximate surface area is 300 Å². The normalized spacial score (nSPS) is 13.1. The molecule has 52 heavy (non-hydrogen) atoms. The van der Waals surface area contributed by atoms with E-state index >= 15 is 0 Å². The summed E-state index contributed by atoms with van der Waals surface area (Å²) >= 11 is 0. The van der Waals surface area contributed by atoms with Crippen LogP contribution in [0.25, 0.3) is 77.4 Å². The van der Waals surface area contributed by atoms with E-state index in [4.69, 9.17) is 16.5 Å². The first-order valence-electron chi connectivity index (χ1n) is 17.5. The van der Waals surface area contributed by atoms with Crippen molar-refractivity contribution in [3.05, 3.63) is 204 Å². The van der Waals surface area contributed by atoms with Gasteiger partial charge in [0.1, 0.15) is 0 Å². The highest BCUT2D eigenvalue weighted by Gasteiger charge is 2.51. The highest BCUT2D eigenvalue weighted by atomic mass is 15.2. The van der Waals surface area contributed by atoms with Crippen LogP contribution in [0, 0.1) is 6.57 Å². The molecule has 7 aromatic carbocycles. The van der Waals surface area contributed by atoms with Crippen LogP contribution in [0.3, 0.4) is 0 Å². The zero-order chi connectivity index (χ0) is 34.4. The summed E-state index contributed by atoms with van der Waals surface area (Å²) in [6.45, 7) is 7.94. The topological polar surface area (TPSA) is 35.1 Å². The lowest BCUT2D eigenvalue weighted by molar-refractivity contribution is 0.794. The van der Waals surface area contributed by atoms with E-state index in [0.717, 1.165) is 39.1 Å². The average Bonchev–Trinajstić information content (AvgIpc) is 3.82. The van der Waals surface area contributed by atoms with Crippen LogP contribution in [0.2, 0.25) is 0 Å². The molecule has 0 atom stereocenters. The summed E-state index contributed by atoms with van der Waals surface area (Å²) in [6.07, 6.45) is 0. The Balaban J connectivity index is 1.21. The van der Waals surface area contributed by atoms with Crippen molar-refractivity contribution in [1.29, 1.82) is 0 Å². The fourth-order valence-electron chi connectivity index (χ4n) is 8.93. The van der Waals surface area contributed by atoms with E-state index in [9.17, 15) is 0 Å². The molecule has 240 valence electrons. The fourth-order valence-corrected chi connectivity index (χ4v) is 8.93. The van der Waals surface area contributed by atoms with Crippen LogP contribution in [0.4, 0.5) is 5.69 Å². The second kappa shape index (κ2) is 10.7. The SMILES string of the molecule is [C-]#[N+]c1ccc2c(c1)C1(c3ccccc3-c3ccccc31)c1cc(-c3cc(-c4ccccc4)nc(-n4c5ccccc5c5ccccc54)n3)ccc1-2. The summed E-state index contributed by atoms with van der Waals surface area (Å²) in [5.41, 5.74) is 15.6. The van der Waals surface area contributed by atoms with E-state index in [1.54, 1.807) is 0 Å². The molecule has 4 heteroatoms. The first-order valence-corrected chi connectivity index (χ1v) is 17.5. The Kier molecular flexibility index (Phi) is 5.91. The number of nitrogens with zero attached hydrogens (tertiary/aromatic N) is 4. The standard InChI is InChI=1S/C48H28N4/c1-49-32-24-26-36-35-25-23-31(27-41(35)48(42(36)28-32)39-19-9-5-15-33(39)34-16-6-10-20-40(34)48)44-29-43(30-13-3-2-4-14-30)50-47(51-44)52-45-21-11-7-17-37(45)38-18-8-12-22-46(38)52/h2-29H. The van der Waals surface area contributed by atoms with Gasteiger partial charge < -0.3 is 0 Å². The summed E-state index contributed by atoms with van der Waals surface area (Å²) in [5.74, 6) is 0.630. The third kappa shape index (κ3) is 3.80. The smallest absolute Gasteiger partial charge is 0.235 e. The molecule has 0 bridgehead atoms. The van der Waals surface area contributed by atoms with Gasteiger partial charge in [0.15, 0.2) is 5.69 Å². The lowest BCUT2D eigenvalue weighted by atomic mass is 9.70. The van der Waals surface area contributed by atoms with Crippen molar-refractivity contribution in [2.75, 3.05) is 0 Å². The Hall–Kier alpha value is -7.09. The minimum Gasteiger partial charge on any atom is -0.278 e. The molecule has 11 rings (SSSR count). The van der Waals surface area contributed by atoms with Gasteiger partial charge in [-0.25, -0.2) is 14.8 Å². The molecule has 0 radical (unpaired) electrons. The zero-order valence-electron chi connectivity index (χ0n) is 28.0. The Morgan fingerprint density at radius 3 is 1.62 bits per heavy atom. The van der Waals surface area contributed by atoms with Crippen molar-refractivity contribution >= 4 is 27.5 Å². The zero-order valence-corrected chi connectivity index (χ0v) is 28.0. The molecule has 0 amide bonds. The number of hydrogen-bond donors (Lipinski definition) is 0. The number of benzene rings is 7. The fraction of sp³-hybridized carbons (Fsp3) is 0.0208. The molecular weight excluding hydrogens is 633 g/mol. The maximum Gasteiger partial charge on any atom is 0.235 e. The van der Waals surface area contributed by atoms with Crippen molar-refractivity contribution < 1.29 is 0 Å². The van der Waals surface area contributed by atoms with E-state index in [-0.39, 0.29) is 0 Å². The largest absolute Gasteiger partial charge is 0.278 e. The quantitative estimate of drug-likeness (QED) is 0.177. The van der Waals surface area contributed by atoms with Crippen LogP contribution < -0.4 is 0 Å². The van der Waals surface area contributed by atoms with E-state index in [0.29, 0.717) is 11.6 Å². The number of rotatable bonds is 3. The van der Waals surface area contributed by atoms with Crippen molar-refractivity contribution in [2.24, 2.45) is 0 Å². The predicted octanol–water partition coefficient (Wildman–Crippen LogP) is 11.8. The van der Waals surface area contributed by atoms with Crippen LogP contribution in [0.15, 0.2) is 170 Å². The molecule has 2 aliphatic rings. The van der Waals surface area contributed by atoms with Gasteiger partial charge in [-0.2, -0.15) is 0 Å². The summed E-state index contributed by atoms with van der Waals surface area (Å²) < 4.78 is 2.20. The molecule has 0 saturated heterocycles. The minimum atomic E-state index is -0.570. The van der Waals surface area contributed by atoms with Crippen LogP contribution in [0.5, 0.6) is 0 Å². The molecule has 9 aromatic rings. The first-order chi connectivity index (χ1) is 25.7. The molecule has 0 saturated carbocycles.